The smallest absolute Gasteiger partial charge is 0.288 e. The highest BCUT2D eigenvalue weighted by Crippen LogP contribution is 2.18. The molecule has 18 heavy (non-hydrogen) atoms. The van der Waals surface area contributed by atoms with Gasteiger partial charge in [0.2, 0.25) is 5.91 Å². The Bertz CT molecular complexity index is 505. The van der Waals surface area contributed by atoms with Crippen molar-refractivity contribution in [3.63, 3.8) is 0 Å². The van der Waals surface area contributed by atoms with E-state index in [0.717, 1.165) is 12.3 Å². The standard InChI is InChI=1S/C9H9ClN4O4/c1-11-7(15)4-13-9(16)6-2-5(14(17)18)3-12-8(6)10/h2-3H,4H2,1H3,(H,11,15)(H,13,16). The first-order chi connectivity index (χ1) is 8.45. The fourth-order valence-corrected chi connectivity index (χ4v) is 1.23. The Morgan fingerprint density at radius 1 is 1.56 bits per heavy atom. The number of halogens is 1. The lowest BCUT2D eigenvalue weighted by Crippen LogP contribution is -2.35. The van der Waals surface area contributed by atoms with E-state index in [1.165, 1.54) is 7.05 Å². The molecule has 2 amide bonds. The first-order valence-corrected chi connectivity index (χ1v) is 5.12. The molecule has 0 saturated heterocycles. The highest BCUT2D eigenvalue weighted by molar-refractivity contribution is 6.32. The van der Waals surface area contributed by atoms with Crippen molar-refractivity contribution < 1.29 is 14.5 Å². The number of aromatic nitrogens is 1. The number of pyridine rings is 1. The highest BCUT2D eigenvalue weighted by atomic mass is 35.5. The number of amides is 2. The predicted octanol–water partition coefficient (Wildman–Crippen LogP) is 0.119. The van der Waals surface area contributed by atoms with Crippen LogP contribution in [-0.4, -0.2) is 35.3 Å². The number of nitrogens with one attached hydrogen (secondary N) is 2. The van der Waals surface area contributed by atoms with E-state index in [1.54, 1.807) is 0 Å². The molecule has 0 spiro atoms. The van der Waals surface area contributed by atoms with E-state index in [0.29, 0.717) is 0 Å². The molecule has 0 fully saturated rings. The minimum absolute atomic E-state index is 0.158. The number of likely N-dealkylation sites (N-methyl/N-ethyl adjacent to an activating group) is 1. The molecule has 0 aliphatic heterocycles. The molecule has 0 radical (unpaired) electrons. The molecular formula is C9H9ClN4O4. The van der Waals surface area contributed by atoms with E-state index in [1.807, 2.05) is 0 Å². The molecule has 0 bridgehead atoms. The molecule has 96 valence electrons. The summed E-state index contributed by atoms with van der Waals surface area (Å²) in [7, 11) is 1.41. The Kier molecular flexibility index (Phi) is 4.55. The van der Waals surface area contributed by atoms with Gasteiger partial charge in [0, 0.05) is 13.1 Å². The Balaban J connectivity index is 2.87. The number of nitro groups is 1. The summed E-state index contributed by atoms with van der Waals surface area (Å²) in [5.41, 5.74) is -0.515. The lowest BCUT2D eigenvalue weighted by Gasteiger charge is -2.05. The molecule has 1 rings (SSSR count). The van der Waals surface area contributed by atoms with Crippen LogP contribution in [-0.2, 0) is 4.79 Å². The van der Waals surface area contributed by atoms with Gasteiger partial charge in [-0.05, 0) is 0 Å². The third kappa shape index (κ3) is 3.39. The van der Waals surface area contributed by atoms with Crippen molar-refractivity contribution in [2.75, 3.05) is 13.6 Å². The summed E-state index contributed by atoms with van der Waals surface area (Å²) in [5, 5.41) is 14.9. The van der Waals surface area contributed by atoms with E-state index >= 15 is 0 Å². The maximum atomic E-state index is 11.6. The lowest BCUT2D eigenvalue weighted by atomic mass is 10.2. The van der Waals surface area contributed by atoms with Crippen LogP contribution in [0.3, 0.4) is 0 Å². The zero-order valence-electron chi connectivity index (χ0n) is 9.27. The second-order valence-electron chi connectivity index (χ2n) is 3.14. The molecule has 0 aliphatic carbocycles. The number of carbonyl (C=O) groups excluding carboxylic acids is 2. The van der Waals surface area contributed by atoms with Gasteiger partial charge in [-0.2, -0.15) is 0 Å². The van der Waals surface area contributed by atoms with Crippen LogP contribution in [0.2, 0.25) is 5.15 Å². The van der Waals surface area contributed by atoms with Gasteiger partial charge in [-0.3, -0.25) is 19.7 Å². The zero-order chi connectivity index (χ0) is 13.7. The molecule has 0 saturated carbocycles. The van der Waals surface area contributed by atoms with Crippen LogP contribution in [0.5, 0.6) is 0 Å². The Morgan fingerprint density at radius 3 is 2.78 bits per heavy atom. The van der Waals surface area contributed by atoms with Crippen molar-refractivity contribution in [2.45, 2.75) is 0 Å². The van der Waals surface area contributed by atoms with Gasteiger partial charge in [0.1, 0.15) is 11.3 Å². The largest absolute Gasteiger partial charge is 0.358 e. The van der Waals surface area contributed by atoms with Crippen LogP contribution in [0.15, 0.2) is 12.3 Å². The van der Waals surface area contributed by atoms with E-state index in [4.69, 9.17) is 11.6 Å². The van der Waals surface area contributed by atoms with Gasteiger partial charge >= 0.3 is 0 Å². The van der Waals surface area contributed by atoms with Crippen molar-refractivity contribution >= 4 is 29.1 Å². The van der Waals surface area contributed by atoms with E-state index < -0.39 is 16.7 Å². The van der Waals surface area contributed by atoms with Gasteiger partial charge < -0.3 is 10.6 Å². The van der Waals surface area contributed by atoms with Gasteiger partial charge in [-0.15, -0.1) is 0 Å². The first-order valence-electron chi connectivity index (χ1n) is 4.74. The topological polar surface area (TPSA) is 114 Å². The quantitative estimate of drug-likeness (QED) is 0.459. The first kappa shape index (κ1) is 13.8. The van der Waals surface area contributed by atoms with Crippen molar-refractivity contribution in [1.82, 2.24) is 15.6 Å². The molecule has 2 N–H and O–H groups in total. The van der Waals surface area contributed by atoms with Gasteiger partial charge in [-0.1, -0.05) is 11.6 Å². The summed E-state index contributed by atoms with van der Waals surface area (Å²) in [6.07, 6.45) is 0.942. The maximum absolute atomic E-state index is 11.6. The van der Waals surface area contributed by atoms with E-state index in [9.17, 15) is 19.7 Å². The molecule has 0 atom stereocenters. The predicted molar refractivity (Wildman–Crippen MR) is 62.3 cm³/mol. The summed E-state index contributed by atoms with van der Waals surface area (Å²) in [6.45, 7) is -0.256. The minimum atomic E-state index is -0.709. The fourth-order valence-electron chi connectivity index (χ4n) is 1.04. The zero-order valence-corrected chi connectivity index (χ0v) is 10.0. The Labute approximate surface area is 106 Å². The summed E-state index contributed by atoms with van der Waals surface area (Å²) in [5.74, 6) is -1.11. The van der Waals surface area contributed by atoms with Gasteiger partial charge in [0.25, 0.3) is 11.6 Å². The maximum Gasteiger partial charge on any atom is 0.288 e. The summed E-state index contributed by atoms with van der Waals surface area (Å²) in [6, 6.07) is 0.995. The van der Waals surface area contributed by atoms with Crippen LogP contribution in [0.1, 0.15) is 10.4 Å². The minimum Gasteiger partial charge on any atom is -0.358 e. The van der Waals surface area contributed by atoms with Crippen LogP contribution < -0.4 is 10.6 Å². The molecule has 9 heteroatoms. The average Bonchev–Trinajstić information content (AvgIpc) is 2.35. The number of hydrogen-bond acceptors (Lipinski definition) is 5. The third-order valence-electron chi connectivity index (χ3n) is 1.97. The molecule has 1 heterocycles. The molecule has 0 unspecified atom stereocenters. The van der Waals surface area contributed by atoms with Crippen LogP contribution >= 0.6 is 11.6 Å². The molecule has 0 aromatic carbocycles. The van der Waals surface area contributed by atoms with Gasteiger partial charge in [0.05, 0.1) is 17.0 Å². The van der Waals surface area contributed by atoms with Crippen molar-refractivity contribution in [2.24, 2.45) is 0 Å². The Hall–Kier alpha value is -2.22. The molecule has 0 aliphatic rings. The second kappa shape index (κ2) is 5.92. The summed E-state index contributed by atoms with van der Waals surface area (Å²) >= 11 is 5.65. The Morgan fingerprint density at radius 2 is 2.22 bits per heavy atom. The van der Waals surface area contributed by atoms with Crippen LogP contribution in [0, 0.1) is 10.1 Å². The molecule has 8 nitrogen and oxygen atoms in total. The molecule has 1 aromatic heterocycles. The SMILES string of the molecule is CNC(=O)CNC(=O)c1cc([N+](=O)[O-])cnc1Cl. The fraction of sp³-hybridized carbons (Fsp3) is 0.222. The van der Waals surface area contributed by atoms with Crippen molar-refractivity contribution in [3.05, 3.63) is 33.1 Å². The number of hydrogen-bond donors (Lipinski definition) is 2. The van der Waals surface area contributed by atoms with Crippen molar-refractivity contribution in [1.29, 1.82) is 0 Å². The molecule has 1 aromatic rings. The van der Waals surface area contributed by atoms with Crippen molar-refractivity contribution in [3.8, 4) is 0 Å². The summed E-state index contributed by atoms with van der Waals surface area (Å²) < 4.78 is 0. The lowest BCUT2D eigenvalue weighted by molar-refractivity contribution is -0.385. The van der Waals surface area contributed by atoms with Gasteiger partial charge in [0.15, 0.2) is 0 Å². The van der Waals surface area contributed by atoms with Crippen LogP contribution in [0.25, 0.3) is 0 Å². The van der Waals surface area contributed by atoms with E-state index in [2.05, 4.69) is 15.6 Å². The van der Waals surface area contributed by atoms with Crippen LogP contribution in [0.4, 0.5) is 5.69 Å². The van der Waals surface area contributed by atoms with E-state index in [-0.39, 0.29) is 22.9 Å². The number of nitrogens with zero attached hydrogens (tertiary/aromatic N) is 2. The van der Waals surface area contributed by atoms with Gasteiger partial charge in [-0.25, -0.2) is 4.98 Å². The molecular weight excluding hydrogens is 264 g/mol. The summed E-state index contributed by atoms with van der Waals surface area (Å²) in [4.78, 5) is 35.9. The monoisotopic (exact) mass is 272 g/mol. The third-order valence-corrected chi connectivity index (χ3v) is 2.27. The average molecular weight is 273 g/mol. The number of carbonyl (C=O) groups is 2. The number of rotatable bonds is 4. The highest BCUT2D eigenvalue weighted by Gasteiger charge is 2.17. The normalized spacial score (nSPS) is 9.67. The second-order valence-corrected chi connectivity index (χ2v) is 3.50.